The molecule has 1 heterocycles. The molecule has 0 saturated heterocycles. The normalized spacial score (nSPS) is 10.1. The van der Waals surface area contributed by atoms with Gasteiger partial charge in [0.1, 0.15) is 10.6 Å². The fraction of sp³-hybridized carbons (Fsp3) is 0.167. The van der Waals surface area contributed by atoms with Gasteiger partial charge < -0.3 is 4.74 Å². The van der Waals surface area contributed by atoms with Crippen LogP contribution in [0.15, 0.2) is 36.5 Å². The topological polar surface area (TPSA) is 77.2 Å². The van der Waals surface area contributed by atoms with Crippen molar-refractivity contribution in [3.8, 4) is 5.75 Å². The number of ether oxygens (including phenoxy) is 1. The zero-order valence-electron chi connectivity index (χ0n) is 9.63. The van der Waals surface area contributed by atoms with Crippen molar-refractivity contribution in [3.05, 3.63) is 46.4 Å². The molecular weight excluding hydrogens is 250 g/mol. The summed E-state index contributed by atoms with van der Waals surface area (Å²) < 4.78 is 5.55. The molecule has 0 saturated carbocycles. The van der Waals surface area contributed by atoms with Crippen LogP contribution in [0.5, 0.6) is 5.75 Å². The molecule has 0 aliphatic carbocycles. The van der Waals surface area contributed by atoms with Gasteiger partial charge >= 0.3 is 0 Å². The highest BCUT2D eigenvalue weighted by atomic mass is 32.1. The highest BCUT2D eigenvalue weighted by molar-refractivity contribution is 7.13. The van der Waals surface area contributed by atoms with E-state index in [0.717, 1.165) is 10.8 Å². The Morgan fingerprint density at radius 3 is 2.89 bits per heavy atom. The summed E-state index contributed by atoms with van der Waals surface area (Å²) in [5.74, 6) is 5.55. The summed E-state index contributed by atoms with van der Waals surface area (Å²) in [5, 5.41) is 0.851. The number of para-hydroxylation sites is 1. The first-order valence-corrected chi connectivity index (χ1v) is 6.25. The van der Waals surface area contributed by atoms with Crippen molar-refractivity contribution in [2.75, 3.05) is 6.61 Å². The lowest BCUT2D eigenvalue weighted by Crippen LogP contribution is -2.29. The average Bonchev–Trinajstić information content (AvgIpc) is 2.88. The Bertz CT molecular complexity index is 513. The summed E-state index contributed by atoms with van der Waals surface area (Å²) in [6.45, 7) is 0.529. The van der Waals surface area contributed by atoms with Gasteiger partial charge in [-0.05, 0) is 12.1 Å². The molecule has 0 fully saturated rings. The van der Waals surface area contributed by atoms with E-state index in [2.05, 4.69) is 10.4 Å². The zero-order chi connectivity index (χ0) is 12.8. The molecule has 1 aromatic heterocycles. The van der Waals surface area contributed by atoms with Crippen LogP contribution in [0.1, 0.15) is 14.7 Å². The number of hydrazine groups is 1. The quantitative estimate of drug-likeness (QED) is 0.485. The number of carbonyl (C=O) groups is 1. The van der Waals surface area contributed by atoms with Crippen LogP contribution in [-0.4, -0.2) is 17.5 Å². The number of nitrogens with zero attached hydrogens (tertiary/aromatic N) is 1. The van der Waals surface area contributed by atoms with Crippen LogP contribution in [0.4, 0.5) is 0 Å². The third kappa shape index (κ3) is 3.28. The SMILES string of the molecule is NNC(=O)c1cnc(CCOc2ccccc2)s1. The predicted molar refractivity (Wildman–Crippen MR) is 69.4 cm³/mol. The van der Waals surface area contributed by atoms with E-state index in [0.29, 0.717) is 17.9 Å². The lowest BCUT2D eigenvalue weighted by Gasteiger charge is -2.03. The molecule has 0 unspecified atom stereocenters. The Morgan fingerprint density at radius 2 is 2.17 bits per heavy atom. The molecule has 1 aromatic carbocycles. The maximum absolute atomic E-state index is 11.2. The van der Waals surface area contributed by atoms with Gasteiger partial charge in [-0.3, -0.25) is 10.2 Å². The standard InChI is InChI=1S/C12H13N3O2S/c13-15-12(16)10-8-14-11(18-10)6-7-17-9-4-2-1-3-5-9/h1-5,8H,6-7,13H2,(H,15,16). The van der Waals surface area contributed by atoms with Crippen molar-refractivity contribution in [1.29, 1.82) is 0 Å². The van der Waals surface area contributed by atoms with Crippen molar-refractivity contribution >= 4 is 17.2 Å². The second kappa shape index (κ2) is 6.13. The fourth-order valence-electron chi connectivity index (χ4n) is 1.37. The maximum atomic E-state index is 11.2. The summed E-state index contributed by atoms with van der Waals surface area (Å²) in [5.41, 5.74) is 2.08. The predicted octanol–water partition coefficient (Wildman–Crippen LogP) is 1.37. The highest BCUT2D eigenvalue weighted by Gasteiger charge is 2.08. The van der Waals surface area contributed by atoms with Crippen LogP contribution in [0.3, 0.4) is 0 Å². The van der Waals surface area contributed by atoms with Crippen LogP contribution in [-0.2, 0) is 6.42 Å². The molecule has 0 aliphatic rings. The second-order valence-corrected chi connectivity index (χ2v) is 4.62. The van der Waals surface area contributed by atoms with E-state index in [1.807, 2.05) is 30.3 Å². The Morgan fingerprint density at radius 1 is 1.39 bits per heavy atom. The number of hydrogen-bond acceptors (Lipinski definition) is 5. The molecule has 0 aliphatic heterocycles. The third-order valence-electron chi connectivity index (χ3n) is 2.24. The van der Waals surface area contributed by atoms with Gasteiger partial charge in [-0.15, -0.1) is 11.3 Å². The van der Waals surface area contributed by atoms with Gasteiger partial charge in [0.15, 0.2) is 0 Å². The van der Waals surface area contributed by atoms with Crippen molar-refractivity contribution in [2.24, 2.45) is 5.84 Å². The number of rotatable bonds is 5. The van der Waals surface area contributed by atoms with E-state index >= 15 is 0 Å². The highest BCUT2D eigenvalue weighted by Crippen LogP contribution is 2.14. The van der Waals surface area contributed by atoms with E-state index in [-0.39, 0.29) is 5.91 Å². The molecular formula is C12H13N3O2S. The molecule has 2 aromatic rings. The van der Waals surface area contributed by atoms with Crippen molar-refractivity contribution in [1.82, 2.24) is 10.4 Å². The van der Waals surface area contributed by atoms with Gasteiger partial charge in [0.25, 0.3) is 5.91 Å². The number of nitrogens with one attached hydrogen (secondary N) is 1. The number of hydrogen-bond donors (Lipinski definition) is 2. The Labute approximate surface area is 109 Å². The molecule has 18 heavy (non-hydrogen) atoms. The molecule has 0 radical (unpaired) electrons. The number of nitrogens with two attached hydrogens (primary N) is 1. The van der Waals surface area contributed by atoms with Crippen LogP contribution in [0, 0.1) is 0 Å². The molecule has 0 atom stereocenters. The second-order valence-electron chi connectivity index (χ2n) is 3.50. The van der Waals surface area contributed by atoms with Gasteiger partial charge in [0, 0.05) is 6.42 Å². The number of thiazole rings is 1. The number of carbonyl (C=O) groups excluding carboxylic acids is 1. The number of benzene rings is 1. The Kier molecular flexibility index (Phi) is 4.27. The molecule has 6 heteroatoms. The number of amides is 1. The molecule has 0 spiro atoms. The van der Waals surface area contributed by atoms with E-state index in [4.69, 9.17) is 10.6 Å². The van der Waals surface area contributed by atoms with E-state index in [1.54, 1.807) is 0 Å². The maximum Gasteiger partial charge on any atom is 0.276 e. The number of aromatic nitrogens is 1. The zero-order valence-corrected chi connectivity index (χ0v) is 10.4. The van der Waals surface area contributed by atoms with Gasteiger partial charge in [0.2, 0.25) is 0 Å². The van der Waals surface area contributed by atoms with Crippen LogP contribution in [0.25, 0.3) is 0 Å². The summed E-state index contributed by atoms with van der Waals surface area (Å²) in [6.07, 6.45) is 2.18. The summed E-state index contributed by atoms with van der Waals surface area (Å²) >= 11 is 1.32. The molecule has 2 rings (SSSR count). The smallest absolute Gasteiger partial charge is 0.276 e. The van der Waals surface area contributed by atoms with Crippen LogP contribution in [0.2, 0.25) is 0 Å². The lowest BCUT2D eigenvalue weighted by molar-refractivity contribution is 0.0957. The van der Waals surface area contributed by atoms with E-state index < -0.39 is 0 Å². The Balaban J connectivity index is 1.84. The summed E-state index contributed by atoms with van der Waals surface area (Å²) in [6, 6.07) is 9.57. The Hall–Kier alpha value is -1.92. The first-order valence-electron chi connectivity index (χ1n) is 5.43. The minimum absolute atomic E-state index is 0.317. The monoisotopic (exact) mass is 263 g/mol. The van der Waals surface area contributed by atoms with Crippen LogP contribution >= 0.6 is 11.3 Å². The first kappa shape index (κ1) is 12.5. The van der Waals surface area contributed by atoms with E-state index in [9.17, 15) is 4.79 Å². The van der Waals surface area contributed by atoms with Crippen LogP contribution < -0.4 is 16.0 Å². The summed E-state index contributed by atoms with van der Waals surface area (Å²) in [7, 11) is 0. The van der Waals surface area contributed by atoms with E-state index in [1.165, 1.54) is 17.5 Å². The molecule has 3 N–H and O–H groups in total. The average molecular weight is 263 g/mol. The molecule has 1 amide bonds. The fourth-order valence-corrected chi connectivity index (χ4v) is 2.18. The summed E-state index contributed by atoms with van der Waals surface area (Å²) in [4.78, 5) is 15.9. The minimum Gasteiger partial charge on any atom is -0.493 e. The van der Waals surface area contributed by atoms with Crippen molar-refractivity contribution in [3.63, 3.8) is 0 Å². The third-order valence-corrected chi connectivity index (χ3v) is 3.29. The largest absolute Gasteiger partial charge is 0.493 e. The molecule has 94 valence electrons. The van der Waals surface area contributed by atoms with Crippen molar-refractivity contribution < 1.29 is 9.53 Å². The van der Waals surface area contributed by atoms with Gasteiger partial charge in [-0.25, -0.2) is 10.8 Å². The van der Waals surface area contributed by atoms with Gasteiger partial charge in [0.05, 0.1) is 17.8 Å². The first-order chi connectivity index (χ1) is 8.79. The lowest BCUT2D eigenvalue weighted by atomic mass is 10.3. The minimum atomic E-state index is -0.317. The van der Waals surface area contributed by atoms with Gasteiger partial charge in [-0.2, -0.15) is 0 Å². The molecule has 5 nitrogen and oxygen atoms in total. The molecule has 0 bridgehead atoms. The van der Waals surface area contributed by atoms with Gasteiger partial charge in [-0.1, -0.05) is 18.2 Å². The van der Waals surface area contributed by atoms with Crippen molar-refractivity contribution in [2.45, 2.75) is 6.42 Å². The number of nitrogen functional groups attached to an aromatic ring is 1.